The first kappa shape index (κ1) is 24.0. The molecule has 3 aromatic carbocycles. The van der Waals surface area contributed by atoms with Crippen LogP contribution in [0.1, 0.15) is 47.2 Å². The van der Waals surface area contributed by atoms with Crippen LogP contribution in [0, 0.1) is 0 Å². The van der Waals surface area contributed by atoms with E-state index in [1.54, 1.807) is 0 Å². The number of likely N-dealkylation sites (tertiary alicyclic amines) is 1. The summed E-state index contributed by atoms with van der Waals surface area (Å²) in [4.78, 5) is 33.7. The van der Waals surface area contributed by atoms with Crippen LogP contribution in [0.4, 0.5) is 0 Å². The fourth-order valence-electron chi connectivity index (χ4n) is 4.55. The van der Waals surface area contributed by atoms with Crippen LogP contribution in [0.3, 0.4) is 0 Å². The molecule has 0 saturated carbocycles. The van der Waals surface area contributed by atoms with Gasteiger partial charge in [-0.3, -0.25) is 9.59 Å². The second kappa shape index (κ2) is 11.4. The average Bonchev–Trinajstić information content (AvgIpc) is 3.34. The van der Waals surface area contributed by atoms with E-state index in [1.807, 2.05) is 97.1 Å². The maximum absolute atomic E-state index is 13.2. The molecule has 3 aromatic rings. The van der Waals surface area contributed by atoms with E-state index in [1.165, 1.54) is 18.2 Å². The van der Waals surface area contributed by atoms with Crippen molar-refractivity contribution in [1.29, 1.82) is 0 Å². The molecular formula is C31H28N2O2S. The molecule has 0 aliphatic carbocycles. The molecule has 0 bridgehead atoms. The third-order valence-corrected chi connectivity index (χ3v) is 7.58. The highest BCUT2D eigenvalue weighted by molar-refractivity contribution is 8.18. The van der Waals surface area contributed by atoms with E-state index in [2.05, 4.69) is 9.89 Å². The minimum absolute atomic E-state index is 0.0405. The maximum Gasteiger partial charge on any atom is 0.286 e. The fourth-order valence-corrected chi connectivity index (χ4v) is 5.59. The molecule has 180 valence electrons. The van der Waals surface area contributed by atoms with Crippen molar-refractivity contribution in [3.8, 4) is 0 Å². The minimum Gasteiger partial charge on any atom is -0.351 e. The van der Waals surface area contributed by atoms with Crippen LogP contribution in [0.25, 0.3) is 11.1 Å². The highest BCUT2D eigenvalue weighted by atomic mass is 32.2. The second-order valence-corrected chi connectivity index (χ2v) is 9.94. The highest BCUT2D eigenvalue weighted by Crippen LogP contribution is 2.38. The molecular weight excluding hydrogens is 464 g/mol. The monoisotopic (exact) mass is 492 g/mol. The Kier molecular flexibility index (Phi) is 7.58. The van der Waals surface area contributed by atoms with Gasteiger partial charge < -0.3 is 4.90 Å². The Balaban J connectivity index is 1.57. The van der Waals surface area contributed by atoms with Gasteiger partial charge in [0.05, 0.1) is 4.91 Å². The molecule has 0 N–H and O–H groups in total. The molecule has 5 rings (SSSR count). The van der Waals surface area contributed by atoms with Crippen LogP contribution in [-0.4, -0.2) is 34.8 Å². The third-order valence-electron chi connectivity index (χ3n) is 6.45. The highest BCUT2D eigenvalue weighted by Gasteiger charge is 2.30. The molecule has 1 amide bonds. The Morgan fingerprint density at radius 1 is 0.778 bits per heavy atom. The molecule has 0 radical (unpaired) electrons. The molecule has 1 saturated heterocycles. The van der Waals surface area contributed by atoms with Crippen molar-refractivity contribution in [3.05, 3.63) is 119 Å². The van der Waals surface area contributed by atoms with Crippen LogP contribution in [0.2, 0.25) is 0 Å². The van der Waals surface area contributed by atoms with Gasteiger partial charge in [-0.15, -0.1) is 0 Å². The number of hydrogen-bond donors (Lipinski definition) is 0. The third kappa shape index (κ3) is 5.58. The summed E-state index contributed by atoms with van der Waals surface area (Å²) in [6.07, 6.45) is 5.71. The van der Waals surface area contributed by atoms with Crippen LogP contribution in [-0.2, 0) is 4.79 Å². The number of thioether (sulfide) groups is 1. The lowest BCUT2D eigenvalue weighted by Gasteiger charge is -2.27. The summed E-state index contributed by atoms with van der Waals surface area (Å²) in [5.74, 6) is -0.170. The van der Waals surface area contributed by atoms with Crippen molar-refractivity contribution in [2.24, 2.45) is 4.99 Å². The van der Waals surface area contributed by atoms with E-state index in [0.29, 0.717) is 10.5 Å². The number of benzene rings is 3. The zero-order chi connectivity index (χ0) is 24.7. The number of rotatable bonds is 6. The number of carbonyl (C=O) groups is 2. The number of amidine groups is 1. The number of ketones is 1. The summed E-state index contributed by atoms with van der Waals surface area (Å²) in [7, 11) is 0. The quantitative estimate of drug-likeness (QED) is 0.278. The van der Waals surface area contributed by atoms with Gasteiger partial charge in [0.15, 0.2) is 11.0 Å². The maximum atomic E-state index is 13.2. The van der Waals surface area contributed by atoms with Gasteiger partial charge in [0.1, 0.15) is 0 Å². The number of carbonyl (C=O) groups excluding carboxylic acids is 2. The van der Waals surface area contributed by atoms with Crippen molar-refractivity contribution in [2.75, 3.05) is 13.1 Å². The Morgan fingerprint density at radius 2 is 1.33 bits per heavy atom. The molecule has 36 heavy (non-hydrogen) atoms. The van der Waals surface area contributed by atoms with E-state index >= 15 is 0 Å². The number of allylic oxidation sites excluding steroid dienone is 3. The number of Topliss-reactive ketones (excluding diaryl/α,β-unsaturated/α-hetero) is 1. The van der Waals surface area contributed by atoms with Crippen LogP contribution >= 0.6 is 11.8 Å². The summed E-state index contributed by atoms with van der Waals surface area (Å²) in [6.45, 7) is 1.87. The second-order valence-electron chi connectivity index (χ2n) is 8.96. The first-order valence-electron chi connectivity index (χ1n) is 12.4. The molecule has 2 aliphatic heterocycles. The van der Waals surface area contributed by atoms with Gasteiger partial charge >= 0.3 is 0 Å². The van der Waals surface area contributed by atoms with E-state index in [9.17, 15) is 9.59 Å². The Labute approximate surface area is 216 Å². The number of hydrogen-bond acceptors (Lipinski definition) is 4. The van der Waals surface area contributed by atoms with Crippen molar-refractivity contribution in [3.63, 3.8) is 0 Å². The summed E-state index contributed by atoms with van der Waals surface area (Å²) >= 11 is 1.46. The Bertz CT molecular complexity index is 1320. The lowest BCUT2D eigenvalue weighted by molar-refractivity contribution is -0.113. The first-order valence-corrected chi connectivity index (χ1v) is 13.2. The SMILES string of the molecule is O=C1N=C(N2CCCCC2)SC1=C(C=C(CC(=O)c1ccccc1)c1ccccc1)c1ccccc1. The topological polar surface area (TPSA) is 49.7 Å². The lowest BCUT2D eigenvalue weighted by atomic mass is 9.93. The van der Waals surface area contributed by atoms with Crippen LogP contribution in [0.5, 0.6) is 0 Å². The van der Waals surface area contributed by atoms with Gasteiger partial charge in [0.2, 0.25) is 0 Å². The van der Waals surface area contributed by atoms with E-state index in [4.69, 9.17) is 0 Å². The van der Waals surface area contributed by atoms with Gasteiger partial charge in [0.25, 0.3) is 5.91 Å². The number of aliphatic imine (C=N–C) groups is 1. The standard InChI is InChI=1S/C31H28N2O2S/c34-28(25-17-9-3-10-18-25)22-26(23-13-5-1-6-14-23)21-27(24-15-7-2-8-16-24)29-30(35)32-31(36-29)33-19-11-4-12-20-33/h1-3,5-10,13-18,21H,4,11-12,19-20,22H2. The number of amides is 1. The molecule has 0 atom stereocenters. The van der Waals surface area contributed by atoms with Gasteiger partial charge in [-0.05, 0) is 53.8 Å². The van der Waals surface area contributed by atoms with Crippen molar-refractivity contribution >= 4 is 39.8 Å². The van der Waals surface area contributed by atoms with Crippen molar-refractivity contribution in [1.82, 2.24) is 4.90 Å². The molecule has 4 nitrogen and oxygen atoms in total. The molecule has 2 heterocycles. The summed E-state index contributed by atoms with van der Waals surface area (Å²) in [5, 5.41) is 0.790. The summed E-state index contributed by atoms with van der Waals surface area (Å²) < 4.78 is 0. The minimum atomic E-state index is -0.211. The predicted octanol–water partition coefficient (Wildman–Crippen LogP) is 6.87. The summed E-state index contributed by atoms with van der Waals surface area (Å²) in [5.41, 5.74) is 4.25. The molecule has 2 aliphatic rings. The first-order chi connectivity index (χ1) is 17.7. The van der Waals surface area contributed by atoms with E-state index in [0.717, 1.165) is 53.4 Å². The smallest absolute Gasteiger partial charge is 0.286 e. The predicted molar refractivity (Wildman–Crippen MR) is 149 cm³/mol. The fraction of sp³-hybridized carbons (Fsp3) is 0.194. The van der Waals surface area contributed by atoms with Crippen molar-refractivity contribution < 1.29 is 9.59 Å². The Hall–Kier alpha value is -3.70. The van der Waals surface area contributed by atoms with E-state index < -0.39 is 0 Å². The van der Waals surface area contributed by atoms with E-state index in [-0.39, 0.29) is 18.1 Å². The molecule has 0 spiro atoms. The van der Waals surface area contributed by atoms with Gasteiger partial charge in [-0.1, -0.05) is 91.0 Å². The average molecular weight is 493 g/mol. The van der Waals surface area contributed by atoms with Gasteiger partial charge in [0, 0.05) is 30.6 Å². The largest absolute Gasteiger partial charge is 0.351 e. The molecule has 0 aromatic heterocycles. The van der Waals surface area contributed by atoms with Gasteiger partial charge in [-0.2, -0.15) is 4.99 Å². The lowest BCUT2D eigenvalue weighted by Crippen LogP contribution is -2.33. The number of nitrogens with zero attached hydrogens (tertiary/aromatic N) is 2. The van der Waals surface area contributed by atoms with Crippen LogP contribution < -0.4 is 0 Å². The Morgan fingerprint density at radius 3 is 1.94 bits per heavy atom. The number of piperidine rings is 1. The van der Waals surface area contributed by atoms with Crippen molar-refractivity contribution in [2.45, 2.75) is 25.7 Å². The zero-order valence-electron chi connectivity index (χ0n) is 20.1. The molecule has 5 heteroatoms. The molecule has 0 unspecified atom stereocenters. The summed E-state index contributed by atoms with van der Waals surface area (Å²) in [6, 6.07) is 29.2. The molecule has 1 fully saturated rings. The zero-order valence-corrected chi connectivity index (χ0v) is 20.9. The van der Waals surface area contributed by atoms with Gasteiger partial charge in [-0.25, -0.2) is 0 Å². The van der Waals surface area contributed by atoms with Crippen LogP contribution in [0.15, 0.2) is 107 Å². The normalized spacial score (nSPS) is 17.7.